The number of ether oxygens (including phenoxy) is 4. The van der Waals surface area contributed by atoms with Crippen LogP contribution in [0, 0.1) is 0 Å². The van der Waals surface area contributed by atoms with E-state index in [1.54, 1.807) is 26.8 Å². The Morgan fingerprint density at radius 1 is 1.17 bits per heavy atom. The van der Waals surface area contributed by atoms with E-state index >= 15 is 0 Å². The third-order valence-electron chi connectivity index (χ3n) is 5.54. The van der Waals surface area contributed by atoms with Crippen LogP contribution in [-0.4, -0.2) is 75.5 Å². The van der Waals surface area contributed by atoms with Crippen molar-refractivity contribution in [1.29, 1.82) is 0 Å². The van der Waals surface area contributed by atoms with Crippen LogP contribution in [-0.2, 0) is 33.3 Å². The summed E-state index contributed by atoms with van der Waals surface area (Å²) in [7, 11) is 0. The van der Waals surface area contributed by atoms with E-state index in [1.165, 1.54) is 10.9 Å². The summed E-state index contributed by atoms with van der Waals surface area (Å²) >= 11 is 0. The molecule has 1 aliphatic rings. The first-order valence-electron chi connectivity index (χ1n) is 11.8. The smallest absolute Gasteiger partial charge is 0.305 e. The van der Waals surface area contributed by atoms with Gasteiger partial charge in [-0.25, -0.2) is 4.98 Å². The largest absolute Gasteiger partial charge is 0.463 e. The fourth-order valence-corrected chi connectivity index (χ4v) is 3.81. The number of aromatic amines is 1. The number of nitrogens with one attached hydrogen (secondary N) is 2. The SMILES string of the molecule is C=CCOC[C@@H]1O[C@@H](COC(=O)CC)[C@H](OC(=O)CC)[C@H]1n1cnc2nc(NC(=O)CC)[nH]c(=O)c21. The van der Waals surface area contributed by atoms with Crippen LogP contribution >= 0.6 is 0 Å². The molecule has 2 aromatic heterocycles. The second kappa shape index (κ2) is 12.4. The lowest BCUT2D eigenvalue weighted by molar-refractivity contribution is -0.158. The molecule has 0 spiro atoms. The average Bonchev–Trinajstić information content (AvgIpc) is 3.43. The van der Waals surface area contributed by atoms with Gasteiger partial charge in [0.05, 0.1) is 19.5 Å². The molecule has 0 aliphatic carbocycles. The molecule has 0 saturated carbocycles. The summed E-state index contributed by atoms with van der Waals surface area (Å²) in [6.07, 6.45) is 1.02. The molecular formula is C23H31N5O8. The minimum absolute atomic E-state index is 0.0311. The van der Waals surface area contributed by atoms with Crippen molar-refractivity contribution < 1.29 is 33.3 Å². The Morgan fingerprint density at radius 2 is 1.92 bits per heavy atom. The van der Waals surface area contributed by atoms with Crippen molar-refractivity contribution in [3.05, 3.63) is 29.3 Å². The maximum atomic E-state index is 13.0. The molecule has 3 heterocycles. The summed E-state index contributed by atoms with van der Waals surface area (Å²) < 4.78 is 24.3. The van der Waals surface area contributed by atoms with Crippen molar-refractivity contribution in [1.82, 2.24) is 19.5 Å². The van der Waals surface area contributed by atoms with Gasteiger partial charge in [0.25, 0.3) is 5.56 Å². The Hall–Kier alpha value is -3.58. The topological polar surface area (TPSA) is 164 Å². The molecule has 0 bridgehead atoms. The molecule has 0 aromatic carbocycles. The number of H-pyrrole nitrogens is 1. The molecule has 0 unspecified atom stereocenters. The number of hydrogen-bond acceptors (Lipinski definition) is 10. The summed E-state index contributed by atoms with van der Waals surface area (Å²) in [4.78, 5) is 59.9. The fourth-order valence-electron chi connectivity index (χ4n) is 3.81. The first kappa shape index (κ1) is 27.0. The monoisotopic (exact) mass is 505 g/mol. The van der Waals surface area contributed by atoms with Crippen LogP contribution in [0.4, 0.5) is 5.95 Å². The van der Waals surface area contributed by atoms with Crippen molar-refractivity contribution in [2.45, 2.75) is 64.4 Å². The number of nitrogens with zero attached hydrogens (tertiary/aromatic N) is 3. The van der Waals surface area contributed by atoms with E-state index in [9.17, 15) is 19.2 Å². The Kier molecular flexibility index (Phi) is 9.31. The molecule has 1 aliphatic heterocycles. The highest BCUT2D eigenvalue weighted by atomic mass is 16.6. The van der Waals surface area contributed by atoms with Crippen molar-refractivity contribution in [3.63, 3.8) is 0 Å². The number of aromatic nitrogens is 4. The van der Waals surface area contributed by atoms with Gasteiger partial charge in [-0.05, 0) is 0 Å². The van der Waals surface area contributed by atoms with Crippen LogP contribution in [0.1, 0.15) is 46.1 Å². The lowest BCUT2D eigenvalue weighted by Crippen LogP contribution is -2.38. The minimum atomic E-state index is -0.921. The molecule has 1 fully saturated rings. The molecule has 13 heteroatoms. The van der Waals surface area contributed by atoms with E-state index in [0.717, 1.165) is 0 Å². The molecular weight excluding hydrogens is 474 g/mol. The van der Waals surface area contributed by atoms with Gasteiger partial charge in [0.1, 0.15) is 24.9 Å². The Balaban J connectivity index is 2.03. The number of esters is 2. The predicted octanol–water partition coefficient (Wildman–Crippen LogP) is 1.25. The van der Waals surface area contributed by atoms with Gasteiger partial charge >= 0.3 is 11.9 Å². The number of fused-ring (bicyclic) bond motifs is 1. The van der Waals surface area contributed by atoms with E-state index in [0.29, 0.717) is 0 Å². The highest BCUT2D eigenvalue weighted by molar-refractivity contribution is 5.89. The molecule has 13 nitrogen and oxygen atoms in total. The van der Waals surface area contributed by atoms with Gasteiger partial charge in [-0.1, -0.05) is 26.8 Å². The third-order valence-corrected chi connectivity index (χ3v) is 5.54. The molecule has 2 N–H and O–H groups in total. The van der Waals surface area contributed by atoms with Crippen LogP contribution in [0.3, 0.4) is 0 Å². The maximum Gasteiger partial charge on any atom is 0.305 e. The number of carbonyl (C=O) groups excluding carboxylic acids is 3. The van der Waals surface area contributed by atoms with Gasteiger partial charge in [0, 0.05) is 19.3 Å². The third kappa shape index (κ3) is 6.15. The molecule has 36 heavy (non-hydrogen) atoms. The average molecular weight is 506 g/mol. The van der Waals surface area contributed by atoms with Crippen LogP contribution in [0.5, 0.6) is 0 Å². The standard InChI is InChI=1S/C23H31N5O8/c1-5-9-33-10-13-18(20(36-17(31)8-4)14(35-13)11-34-16(30)7-3)28-12-24-21-19(28)22(32)27-23(26-21)25-15(29)6-2/h5,12-14,18,20H,1,6-11H2,2-4H3,(H2,25,26,27,29,32)/t13-,14-,18-,20-/m0/s1. The molecule has 4 atom stereocenters. The zero-order valence-electron chi connectivity index (χ0n) is 20.5. The van der Waals surface area contributed by atoms with Gasteiger partial charge in [-0.3, -0.25) is 29.5 Å². The van der Waals surface area contributed by atoms with Crippen LogP contribution in [0.15, 0.2) is 23.8 Å². The maximum absolute atomic E-state index is 13.0. The van der Waals surface area contributed by atoms with Gasteiger partial charge in [-0.15, -0.1) is 6.58 Å². The van der Waals surface area contributed by atoms with E-state index < -0.39 is 41.9 Å². The lowest BCUT2D eigenvalue weighted by Gasteiger charge is -2.25. The summed E-state index contributed by atoms with van der Waals surface area (Å²) in [5, 5.41) is 2.50. The van der Waals surface area contributed by atoms with Crippen molar-refractivity contribution in [2.24, 2.45) is 0 Å². The predicted molar refractivity (Wildman–Crippen MR) is 127 cm³/mol. The summed E-state index contributed by atoms with van der Waals surface area (Å²) in [6, 6.07) is -0.750. The summed E-state index contributed by atoms with van der Waals surface area (Å²) in [5.41, 5.74) is -0.385. The van der Waals surface area contributed by atoms with Gasteiger partial charge < -0.3 is 23.5 Å². The number of imidazole rings is 1. The zero-order valence-corrected chi connectivity index (χ0v) is 20.5. The Morgan fingerprint density at radius 3 is 2.58 bits per heavy atom. The second-order valence-electron chi connectivity index (χ2n) is 8.01. The summed E-state index contributed by atoms with van der Waals surface area (Å²) in [6.45, 7) is 8.77. The van der Waals surface area contributed by atoms with Gasteiger partial charge in [0.15, 0.2) is 17.3 Å². The van der Waals surface area contributed by atoms with Crippen LogP contribution in [0.25, 0.3) is 11.2 Å². The minimum Gasteiger partial charge on any atom is -0.463 e. The molecule has 3 rings (SSSR count). The highest BCUT2D eigenvalue weighted by Gasteiger charge is 2.49. The first-order chi connectivity index (χ1) is 17.3. The highest BCUT2D eigenvalue weighted by Crippen LogP contribution is 2.36. The van der Waals surface area contributed by atoms with Gasteiger partial charge in [0.2, 0.25) is 11.9 Å². The van der Waals surface area contributed by atoms with E-state index in [1.807, 2.05) is 0 Å². The lowest BCUT2D eigenvalue weighted by atomic mass is 10.0. The number of carbonyl (C=O) groups is 3. The molecule has 196 valence electrons. The molecule has 1 amide bonds. The Bertz CT molecular complexity index is 1160. The van der Waals surface area contributed by atoms with E-state index in [4.69, 9.17) is 18.9 Å². The van der Waals surface area contributed by atoms with Crippen molar-refractivity contribution in [3.8, 4) is 0 Å². The van der Waals surface area contributed by atoms with Crippen molar-refractivity contribution in [2.75, 3.05) is 25.1 Å². The van der Waals surface area contributed by atoms with Crippen LogP contribution < -0.4 is 10.9 Å². The zero-order chi connectivity index (χ0) is 26.2. The fraction of sp³-hybridized carbons (Fsp3) is 0.565. The molecule has 0 radical (unpaired) electrons. The number of amides is 1. The quantitative estimate of drug-likeness (QED) is 0.244. The molecule has 1 saturated heterocycles. The normalized spacial score (nSPS) is 21.3. The summed E-state index contributed by atoms with van der Waals surface area (Å²) in [5.74, 6) is -1.28. The Labute approximate surface area is 207 Å². The molecule has 2 aromatic rings. The number of anilines is 1. The van der Waals surface area contributed by atoms with E-state index in [-0.39, 0.29) is 62.1 Å². The number of hydrogen-bond donors (Lipinski definition) is 2. The first-order valence-corrected chi connectivity index (χ1v) is 11.8. The van der Waals surface area contributed by atoms with Crippen LogP contribution in [0.2, 0.25) is 0 Å². The van der Waals surface area contributed by atoms with Gasteiger partial charge in [-0.2, -0.15) is 4.98 Å². The van der Waals surface area contributed by atoms with E-state index in [2.05, 4.69) is 26.8 Å². The number of rotatable bonds is 12. The second-order valence-corrected chi connectivity index (χ2v) is 8.01. The van der Waals surface area contributed by atoms with Crippen molar-refractivity contribution >= 4 is 35.0 Å².